The molecule has 158 valence electrons. The Bertz CT molecular complexity index is 912. The molecule has 0 heterocycles. The molecule has 2 rings (SSSR count). The van der Waals surface area contributed by atoms with Gasteiger partial charge >= 0.3 is 0 Å². The molecule has 0 saturated heterocycles. The normalized spacial score (nSPS) is 10.1. The van der Waals surface area contributed by atoms with Crippen LogP contribution in [0.3, 0.4) is 0 Å². The summed E-state index contributed by atoms with van der Waals surface area (Å²) in [5.41, 5.74) is 6.65. The van der Waals surface area contributed by atoms with Crippen molar-refractivity contribution in [3.8, 4) is 5.75 Å². The maximum absolute atomic E-state index is 12.2. The van der Waals surface area contributed by atoms with Crippen LogP contribution in [-0.4, -0.2) is 29.9 Å². The minimum atomic E-state index is -0.441. The topological polar surface area (TPSA) is 109 Å². The minimum Gasteiger partial charge on any atom is -0.497 e. The van der Waals surface area contributed by atoms with Crippen LogP contribution in [0.5, 0.6) is 5.75 Å². The molecule has 0 spiro atoms. The predicted octanol–water partition coefficient (Wildman–Crippen LogP) is 2.17. The van der Waals surface area contributed by atoms with Gasteiger partial charge in [-0.15, -0.1) is 0 Å². The Balaban J connectivity index is 1.78. The number of benzene rings is 2. The van der Waals surface area contributed by atoms with Gasteiger partial charge in [0.25, 0.3) is 5.91 Å². The third kappa shape index (κ3) is 7.17. The molecule has 8 nitrogen and oxygen atoms in total. The number of hydrogen-bond acceptors (Lipinski definition) is 5. The van der Waals surface area contributed by atoms with Crippen molar-refractivity contribution < 1.29 is 19.1 Å². The molecule has 0 aliphatic carbocycles. The molecular formula is C21H24N4O4S. The monoisotopic (exact) mass is 428 g/mol. The molecule has 0 fully saturated rings. The summed E-state index contributed by atoms with van der Waals surface area (Å²) in [5.74, 6) is -0.308. The Labute approximate surface area is 180 Å². The summed E-state index contributed by atoms with van der Waals surface area (Å²) in [4.78, 5) is 35.9. The number of carbonyl (C=O) groups excluding carboxylic acids is 3. The molecule has 9 heteroatoms. The quantitative estimate of drug-likeness (QED) is 0.415. The molecule has 0 aliphatic heterocycles. The number of thiocarbonyl (C=S) groups is 1. The van der Waals surface area contributed by atoms with E-state index in [-0.39, 0.29) is 29.3 Å². The minimum absolute atomic E-state index is 0.0253. The first kappa shape index (κ1) is 22.8. The van der Waals surface area contributed by atoms with E-state index in [4.69, 9.17) is 17.0 Å². The Morgan fingerprint density at radius 1 is 0.967 bits per heavy atom. The fourth-order valence-electron chi connectivity index (χ4n) is 2.31. The third-order valence-corrected chi connectivity index (χ3v) is 4.21. The van der Waals surface area contributed by atoms with Gasteiger partial charge in [-0.1, -0.05) is 26.0 Å². The van der Waals surface area contributed by atoms with E-state index in [1.165, 1.54) is 0 Å². The second-order valence-electron chi connectivity index (χ2n) is 6.70. The number of methoxy groups -OCH3 is 1. The van der Waals surface area contributed by atoms with Crippen LogP contribution >= 0.6 is 12.2 Å². The fraction of sp³-hybridized carbons (Fsp3) is 0.238. The van der Waals surface area contributed by atoms with Crippen molar-refractivity contribution in [2.75, 3.05) is 12.4 Å². The van der Waals surface area contributed by atoms with Gasteiger partial charge in [-0.3, -0.25) is 25.2 Å². The number of amides is 3. The van der Waals surface area contributed by atoms with Crippen LogP contribution in [0.1, 0.15) is 29.8 Å². The lowest BCUT2D eigenvalue weighted by Crippen LogP contribution is -2.48. The van der Waals surface area contributed by atoms with Gasteiger partial charge in [0.2, 0.25) is 11.8 Å². The van der Waals surface area contributed by atoms with E-state index in [1.807, 2.05) is 0 Å². The average molecular weight is 429 g/mol. The van der Waals surface area contributed by atoms with E-state index in [0.717, 1.165) is 5.56 Å². The molecular weight excluding hydrogens is 404 g/mol. The van der Waals surface area contributed by atoms with Crippen molar-refractivity contribution in [1.29, 1.82) is 0 Å². The number of anilines is 1. The maximum atomic E-state index is 12.2. The molecule has 0 aliphatic rings. The zero-order valence-corrected chi connectivity index (χ0v) is 17.8. The second-order valence-corrected chi connectivity index (χ2v) is 7.11. The first-order valence-electron chi connectivity index (χ1n) is 9.22. The van der Waals surface area contributed by atoms with Gasteiger partial charge in [0.05, 0.1) is 13.5 Å². The molecule has 0 unspecified atom stereocenters. The summed E-state index contributed by atoms with van der Waals surface area (Å²) in [7, 11) is 1.57. The molecule has 4 N–H and O–H groups in total. The molecule has 0 radical (unpaired) electrons. The summed E-state index contributed by atoms with van der Waals surface area (Å²) in [6, 6.07) is 13.5. The van der Waals surface area contributed by atoms with Gasteiger partial charge in [0.1, 0.15) is 5.75 Å². The van der Waals surface area contributed by atoms with E-state index < -0.39 is 5.91 Å². The van der Waals surface area contributed by atoms with E-state index in [1.54, 1.807) is 69.5 Å². The van der Waals surface area contributed by atoms with Gasteiger partial charge in [-0.25, -0.2) is 0 Å². The van der Waals surface area contributed by atoms with Crippen molar-refractivity contribution in [1.82, 2.24) is 16.2 Å². The lowest BCUT2D eigenvalue weighted by Gasteiger charge is -2.12. The zero-order chi connectivity index (χ0) is 22.1. The van der Waals surface area contributed by atoms with Crippen molar-refractivity contribution in [2.45, 2.75) is 20.3 Å². The fourth-order valence-corrected chi connectivity index (χ4v) is 2.47. The van der Waals surface area contributed by atoms with Gasteiger partial charge in [-0.2, -0.15) is 0 Å². The lowest BCUT2D eigenvalue weighted by atomic mass is 10.1. The molecule has 0 atom stereocenters. The number of carbonyl (C=O) groups is 3. The van der Waals surface area contributed by atoms with E-state index in [0.29, 0.717) is 17.0 Å². The molecule has 30 heavy (non-hydrogen) atoms. The highest BCUT2D eigenvalue weighted by Crippen LogP contribution is 2.12. The number of rotatable bonds is 6. The highest BCUT2D eigenvalue weighted by Gasteiger charge is 2.10. The van der Waals surface area contributed by atoms with Crippen LogP contribution in [0.4, 0.5) is 5.69 Å². The Hall–Kier alpha value is -3.46. The molecule has 3 amide bonds. The summed E-state index contributed by atoms with van der Waals surface area (Å²) in [5, 5.41) is 5.21. The first-order valence-corrected chi connectivity index (χ1v) is 9.63. The van der Waals surface area contributed by atoms with Crippen LogP contribution in [0.2, 0.25) is 0 Å². The van der Waals surface area contributed by atoms with Crippen LogP contribution in [0.15, 0.2) is 48.5 Å². The van der Waals surface area contributed by atoms with Crippen molar-refractivity contribution in [3.63, 3.8) is 0 Å². The van der Waals surface area contributed by atoms with Crippen molar-refractivity contribution >= 4 is 40.7 Å². The molecule has 0 bridgehead atoms. The summed E-state index contributed by atoms with van der Waals surface area (Å²) in [6.45, 7) is 3.59. The predicted molar refractivity (Wildman–Crippen MR) is 118 cm³/mol. The summed E-state index contributed by atoms with van der Waals surface area (Å²) >= 11 is 5.02. The third-order valence-electron chi connectivity index (χ3n) is 4.01. The molecule has 2 aromatic rings. The van der Waals surface area contributed by atoms with Crippen LogP contribution in [0.25, 0.3) is 0 Å². The highest BCUT2D eigenvalue weighted by atomic mass is 32.1. The standard InChI is InChI=1S/C21H24N4O4S/c1-13(2)19(27)22-16-8-6-15(7-9-16)20(28)24-25-21(30)23-18(26)12-14-4-10-17(29-3)11-5-14/h4-11,13H,12H2,1-3H3,(H,22,27)(H,24,28)(H2,23,25,26,30). The largest absolute Gasteiger partial charge is 0.497 e. The van der Waals surface area contributed by atoms with Gasteiger partial charge < -0.3 is 15.4 Å². The van der Waals surface area contributed by atoms with Gasteiger partial charge in [-0.05, 0) is 54.2 Å². The van der Waals surface area contributed by atoms with E-state index in [9.17, 15) is 14.4 Å². The summed E-state index contributed by atoms with van der Waals surface area (Å²) in [6.07, 6.45) is 0.128. The average Bonchev–Trinajstić information content (AvgIpc) is 2.73. The van der Waals surface area contributed by atoms with Crippen LogP contribution < -0.4 is 26.2 Å². The second kappa shape index (κ2) is 10.9. The number of nitrogens with one attached hydrogen (secondary N) is 4. The smallest absolute Gasteiger partial charge is 0.269 e. The maximum Gasteiger partial charge on any atom is 0.269 e. The Morgan fingerprint density at radius 3 is 2.17 bits per heavy atom. The molecule has 0 aromatic heterocycles. The zero-order valence-electron chi connectivity index (χ0n) is 16.9. The SMILES string of the molecule is COc1ccc(CC(=O)NC(=S)NNC(=O)c2ccc(NC(=O)C(C)C)cc2)cc1. The highest BCUT2D eigenvalue weighted by molar-refractivity contribution is 7.80. The van der Waals surface area contributed by atoms with Gasteiger partial charge in [0.15, 0.2) is 5.11 Å². The number of ether oxygens (including phenoxy) is 1. The van der Waals surface area contributed by atoms with Crippen LogP contribution in [-0.2, 0) is 16.0 Å². The van der Waals surface area contributed by atoms with E-state index >= 15 is 0 Å². The van der Waals surface area contributed by atoms with E-state index in [2.05, 4.69) is 21.5 Å². The molecule has 0 saturated carbocycles. The number of hydrazine groups is 1. The first-order chi connectivity index (χ1) is 14.3. The molecule has 2 aromatic carbocycles. The lowest BCUT2D eigenvalue weighted by molar-refractivity contribution is -0.119. The Morgan fingerprint density at radius 2 is 1.60 bits per heavy atom. The Kier molecular flexibility index (Phi) is 8.30. The van der Waals surface area contributed by atoms with Gasteiger partial charge in [0, 0.05) is 17.2 Å². The van der Waals surface area contributed by atoms with Crippen molar-refractivity contribution in [3.05, 3.63) is 59.7 Å². The summed E-state index contributed by atoms with van der Waals surface area (Å²) < 4.78 is 5.07. The van der Waals surface area contributed by atoms with Crippen LogP contribution in [0, 0.1) is 5.92 Å². The number of hydrogen-bond donors (Lipinski definition) is 4. The van der Waals surface area contributed by atoms with Crippen molar-refractivity contribution in [2.24, 2.45) is 5.92 Å².